The molecule has 0 spiro atoms. The van der Waals surface area contributed by atoms with E-state index in [1.54, 1.807) is 0 Å². The maximum absolute atomic E-state index is 10.2. The van der Waals surface area contributed by atoms with Crippen LogP contribution in [0.2, 0.25) is 0 Å². The number of carbonyl (C=O) groups is 3. The van der Waals surface area contributed by atoms with E-state index >= 15 is 0 Å². The van der Waals surface area contributed by atoms with Gasteiger partial charge in [-0.1, -0.05) is 175 Å². The molecule has 0 heterocycles. The van der Waals surface area contributed by atoms with Crippen LogP contribution in [0.1, 0.15) is 213 Å². The van der Waals surface area contributed by atoms with Crippen molar-refractivity contribution in [3.05, 3.63) is 0 Å². The first-order valence-corrected chi connectivity index (χ1v) is 18.0. The van der Waals surface area contributed by atoms with Gasteiger partial charge in [-0.05, 0) is 19.3 Å². The number of unbranched alkanes of at least 4 members (excludes halogenated alkanes) is 24. The molecule has 0 saturated heterocycles. The molecular formula is C36H72BiO6. The van der Waals surface area contributed by atoms with Crippen molar-refractivity contribution in [1.82, 2.24) is 0 Å². The van der Waals surface area contributed by atoms with Crippen molar-refractivity contribution in [1.29, 1.82) is 0 Å². The van der Waals surface area contributed by atoms with Gasteiger partial charge in [-0.2, -0.15) is 0 Å². The molecule has 0 aliphatic carbocycles. The SMILES string of the molecule is CCCCCCCCCCCC(=O)O.CCCCCCCCCCCC(=O)O.CCCCCCCCCCCC(=O)O.[Bi]. The smallest absolute Gasteiger partial charge is 0.303 e. The van der Waals surface area contributed by atoms with Crippen LogP contribution in [0.25, 0.3) is 0 Å². The Hall–Kier alpha value is -0.707. The van der Waals surface area contributed by atoms with E-state index in [9.17, 15) is 14.4 Å². The monoisotopic (exact) mass is 810 g/mol. The van der Waals surface area contributed by atoms with Crippen LogP contribution in [-0.2, 0) is 14.4 Å². The molecule has 0 aromatic rings. The third-order valence-electron chi connectivity index (χ3n) is 7.48. The van der Waals surface area contributed by atoms with E-state index in [0.29, 0.717) is 19.3 Å². The van der Waals surface area contributed by atoms with Crippen LogP contribution in [-0.4, -0.2) is 59.4 Å². The fraction of sp³-hybridized carbons (Fsp3) is 0.917. The van der Waals surface area contributed by atoms with Crippen molar-refractivity contribution in [3.8, 4) is 0 Å². The van der Waals surface area contributed by atoms with Crippen LogP contribution in [0.5, 0.6) is 0 Å². The van der Waals surface area contributed by atoms with Crippen LogP contribution >= 0.6 is 0 Å². The van der Waals surface area contributed by atoms with E-state index in [4.69, 9.17) is 15.3 Å². The van der Waals surface area contributed by atoms with Crippen LogP contribution in [0.4, 0.5) is 0 Å². The van der Waals surface area contributed by atoms with Gasteiger partial charge in [0.2, 0.25) is 0 Å². The van der Waals surface area contributed by atoms with Gasteiger partial charge in [0.15, 0.2) is 0 Å². The van der Waals surface area contributed by atoms with E-state index < -0.39 is 17.9 Å². The van der Waals surface area contributed by atoms with Crippen molar-refractivity contribution in [2.45, 2.75) is 213 Å². The van der Waals surface area contributed by atoms with Gasteiger partial charge in [0.25, 0.3) is 0 Å². The van der Waals surface area contributed by atoms with E-state index in [2.05, 4.69) is 20.8 Å². The number of hydrogen-bond acceptors (Lipinski definition) is 3. The molecule has 0 aromatic carbocycles. The molecule has 43 heavy (non-hydrogen) atoms. The van der Waals surface area contributed by atoms with Crippen LogP contribution in [0, 0.1) is 0 Å². The van der Waals surface area contributed by atoms with Crippen LogP contribution in [0.3, 0.4) is 0 Å². The van der Waals surface area contributed by atoms with E-state index in [0.717, 1.165) is 38.5 Å². The zero-order valence-electron chi connectivity index (χ0n) is 28.7. The predicted octanol–water partition coefficient (Wildman–Crippen LogP) is 11.6. The minimum absolute atomic E-state index is 0. The first-order chi connectivity index (χ1) is 20.3. The summed E-state index contributed by atoms with van der Waals surface area (Å²) in [6.45, 7) is 6.68. The molecule has 0 bridgehead atoms. The molecule has 0 amide bonds. The molecule has 0 aliphatic heterocycles. The van der Waals surface area contributed by atoms with Crippen molar-refractivity contribution in [2.75, 3.05) is 0 Å². The van der Waals surface area contributed by atoms with Crippen molar-refractivity contribution in [3.63, 3.8) is 0 Å². The second kappa shape index (κ2) is 45.7. The summed E-state index contributed by atoms with van der Waals surface area (Å²) in [4.78, 5) is 30.6. The van der Waals surface area contributed by atoms with Crippen molar-refractivity contribution >= 4 is 44.1 Å². The van der Waals surface area contributed by atoms with E-state index in [1.807, 2.05) is 0 Å². The Kier molecular flexibility index (Phi) is 52.3. The minimum Gasteiger partial charge on any atom is -0.481 e. The van der Waals surface area contributed by atoms with Gasteiger partial charge in [0.05, 0.1) is 0 Å². The molecule has 0 atom stereocenters. The number of hydrogen-bond donors (Lipinski definition) is 3. The van der Waals surface area contributed by atoms with Gasteiger partial charge in [-0.15, -0.1) is 0 Å². The molecule has 0 unspecified atom stereocenters. The molecule has 0 rings (SSSR count). The third-order valence-corrected chi connectivity index (χ3v) is 7.48. The summed E-state index contributed by atoms with van der Waals surface area (Å²) in [5.41, 5.74) is 0. The van der Waals surface area contributed by atoms with Gasteiger partial charge < -0.3 is 15.3 Å². The first kappa shape index (κ1) is 49.2. The third kappa shape index (κ3) is 61.1. The standard InChI is InChI=1S/3C12H24O2.Bi/c3*1-2-3-4-5-6-7-8-9-10-11-12(13)14;/h3*2-11H2,1H3,(H,13,14);. The zero-order chi connectivity index (χ0) is 31.9. The topological polar surface area (TPSA) is 112 Å². The molecule has 6 nitrogen and oxygen atoms in total. The Bertz CT molecular complexity index is 480. The molecule has 3 radical (unpaired) electrons. The molecule has 0 fully saturated rings. The molecule has 257 valence electrons. The van der Waals surface area contributed by atoms with Gasteiger partial charge in [-0.25, -0.2) is 0 Å². The Morgan fingerprint density at radius 2 is 0.442 bits per heavy atom. The van der Waals surface area contributed by atoms with Gasteiger partial charge in [0, 0.05) is 45.5 Å². The largest absolute Gasteiger partial charge is 0.481 e. The number of carboxylic acids is 3. The molecule has 7 heteroatoms. The predicted molar refractivity (Wildman–Crippen MR) is 184 cm³/mol. The van der Waals surface area contributed by atoms with Crippen LogP contribution < -0.4 is 0 Å². The Morgan fingerprint density at radius 1 is 0.302 bits per heavy atom. The summed E-state index contributed by atoms with van der Waals surface area (Å²) in [6.07, 6.45) is 34.4. The Balaban J connectivity index is -0.000000262. The molecule has 0 aliphatic rings. The number of aliphatic carboxylic acids is 3. The normalized spacial score (nSPS) is 10.1. The average Bonchev–Trinajstić information content (AvgIpc) is 2.95. The number of rotatable bonds is 30. The second-order valence-electron chi connectivity index (χ2n) is 11.9. The first-order valence-electron chi connectivity index (χ1n) is 18.0. The van der Waals surface area contributed by atoms with Gasteiger partial charge >= 0.3 is 17.9 Å². The molecule has 0 saturated carbocycles. The van der Waals surface area contributed by atoms with Gasteiger partial charge in [-0.3, -0.25) is 14.4 Å². The summed E-state index contributed by atoms with van der Waals surface area (Å²) < 4.78 is 0. The quantitative estimate of drug-likeness (QED) is 0.0492. The fourth-order valence-electron chi connectivity index (χ4n) is 4.76. The molecule has 0 aromatic heterocycles. The van der Waals surface area contributed by atoms with Crippen molar-refractivity contribution < 1.29 is 29.7 Å². The molecular weight excluding hydrogens is 737 g/mol. The summed E-state index contributed by atoms with van der Waals surface area (Å²) >= 11 is 0. The maximum Gasteiger partial charge on any atom is 0.303 e. The van der Waals surface area contributed by atoms with Crippen molar-refractivity contribution in [2.24, 2.45) is 0 Å². The summed E-state index contributed by atoms with van der Waals surface area (Å²) in [5, 5.41) is 25.2. The van der Waals surface area contributed by atoms with E-state index in [-0.39, 0.29) is 26.2 Å². The summed E-state index contributed by atoms with van der Waals surface area (Å²) in [5.74, 6) is -1.98. The maximum atomic E-state index is 10.2. The van der Waals surface area contributed by atoms with Gasteiger partial charge in [0.1, 0.15) is 0 Å². The fourth-order valence-corrected chi connectivity index (χ4v) is 4.76. The summed E-state index contributed by atoms with van der Waals surface area (Å²) in [7, 11) is 0. The van der Waals surface area contributed by atoms with Crippen LogP contribution in [0.15, 0.2) is 0 Å². The zero-order valence-corrected chi connectivity index (χ0v) is 32.2. The average molecular weight is 810 g/mol. The number of carboxylic acid groups (broad SMARTS) is 3. The summed E-state index contributed by atoms with van der Waals surface area (Å²) in [6, 6.07) is 0. The molecule has 3 N–H and O–H groups in total. The Morgan fingerprint density at radius 3 is 0.581 bits per heavy atom. The van der Waals surface area contributed by atoms with E-state index in [1.165, 1.54) is 135 Å². The second-order valence-corrected chi connectivity index (χ2v) is 11.9. The minimum atomic E-state index is -0.659. The Labute approximate surface area is 286 Å².